The number of hydrogen-bond donors (Lipinski definition) is 3. The lowest BCUT2D eigenvalue weighted by atomic mass is 9.90. The maximum absolute atomic E-state index is 12.2. The first kappa shape index (κ1) is 30.4. The van der Waals surface area contributed by atoms with E-state index in [-0.39, 0.29) is 5.54 Å². The lowest BCUT2D eigenvalue weighted by Gasteiger charge is -2.40. The normalized spacial score (nSPS) is 14.5. The van der Waals surface area contributed by atoms with Crippen LogP contribution in [0, 0.1) is 0 Å². The number of nitrogens with zero attached hydrogens (tertiary/aromatic N) is 3. The van der Waals surface area contributed by atoms with Crippen LogP contribution in [0.2, 0.25) is 5.02 Å². The molecule has 1 aromatic heterocycles. The predicted molar refractivity (Wildman–Crippen MR) is 148 cm³/mol. The molecule has 1 amide bonds. The second kappa shape index (κ2) is 13.4. The molecule has 0 unspecified atom stereocenters. The molecule has 0 spiro atoms. The highest BCUT2D eigenvalue weighted by Gasteiger charge is 2.33. The molecule has 0 saturated carbocycles. The van der Waals surface area contributed by atoms with Gasteiger partial charge in [0.2, 0.25) is 0 Å². The number of aromatic nitrogens is 2. The van der Waals surface area contributed by atoms with Gasteiger partial charge in [-0.25, -0.2) is 14.8 Å². The van der Waals surface area contributed by atoms with E-state index >= 15 is 0 Å². The van der Waals surface area contributed by atoms with Crippen molar-refractivity contribution in [3.63, 3.8) is 0 Å². The first-order chi connectivity index (χ1) is 16.5. The summed E-state index contributed by atoms with van der Waals surface area (Å²) in [5, 5.41) is 4.06. The SMILES string of the molecule is C=C.CC.CC1(NC(=O)OC(C)(C)C)CCN(c2cnc(Sc3cccc(N)c3Cl)c(N)n2)CC1. The molecule has 8 nitrogen and oxygen atoms in total. The Kier molecular flexibility index (Phi) is 11.7. The molecule has 2 heterocycles. The number of alkyl carbamates (subject to hydrolysis) is 1. The Hall–Kier alpha value is -2.65. The lowest BCUT2D eigenvalue weighted by molar-refractivity contribution is 0.0448. The van der Waals surface area contributed by atoms with E-state index in [9.17, 15) is 4.79 Å². The average Bonchev–Trinajstić information content (AvgIpc) is 2.80. The van der Waals surface area contributed by atoms with Crippen molar-refractivity contribution in [2.45, 2.75) is 75.4 Å². The molecule has 1 aliphatic heterocycles. The molecule has 0 atom stereocenters. The van der Waals surface area contributed by atoms with Crippen LogP contribution in [-0.2, 0) is 4.74 Å². The third kappa shape index (κ3) is 9.14. The van der Waals surface area contributed by atoms with Gasteiger partial charge < -0.3 is 26.4 Å². The average molecular weight is 523 g/mol. The molecule has 35 heavy (non-hydrogen) atoms. The van der Waals surface area contributed by atoms with E-state index in [0.717, 1.165) is 17.7 Å². The molecule has 0 aliphatic carbocycles. The highest BCUT2D eigenvalue weighted by Crippen LogP contribution is 2.37. The first-order valence-electron chi connectivity index (χ1n) is 11.6. The van der Waals surface area contributed by atoms with Crippen LogP contribution in [0.1, 0.15) is 54.4 Å². The maximum Gasteiger partial charge on any atom is 0.408 e. The largest absolute Gasteiger partial charge is 0.444 e. The van der Waals surface area contributed by atoms with Gasteiger partial charge in [0.15, 0.2) is 5.82 Å². The van der Waals surface area contributed by atoms with Crippen LogP contribution in [0.4, 0.5) is 22.1 Å². The molecular weight excluding hydrogens is 484 g/mol. The maximum atomic E-state index is 12.2. The van der Waals surface area contributed by atoms with Crippen LogP contribution in [0.25, 0.3) is 0 Å². The zero-order valence-corrected chi connectivity index (χ0v) is 23.2. The van der Waals surface area contributed by atoms with Gasteiger partial charge in [0.1, 0.15) is 16.4 Å². The Morgan fingerprint density at radius 2 is 1.83 bits per heavy atom. The monoisotopic (exact) mass is 522 g/mol. The van der Waals surface area contributed by atoms with Gasteiger partial charge in [-0.1, -0.05) is 43.3 Å². The molecule has 2 aromatic rings. The van der Waals surface area contributed by atoms with E-state index in [1.807, 2.05) is 53.7 Å². The van der Waals surface area contributed by atoms with Crippen LogP contribution in [-0.4, -0.2) is 40.3 Å². The van der Waals surface area contributed by atoms with E-state index in [1.54, 1.807) is 12.3 Å². The van der Waals surface area contributed by atoms with Crippen molar-refractivity contribution in [1.29, 1.82) is 0 Å². The van der Waals surface area contributed by atoms with E-state index in [0.29, 0.717) is 40.5 Å². The van der Waals surface area contributed by atoms with E-state index in [1.165, 1.54) is 11.8 Å². The molecule has 10 heteroatoms. The smallest absolute Gasteiger partial charge is 0.408 e. The molecule has 5 N–H and O–H groups in total. The number of amides is 1. The van der Waals surface area contributed by atoms with Crippen LogP contribution < -0.4 is 21.7 Å². The number of halogens is 1. The second-order valence-electron chi connectivity index (χ2n) is 8.85. The zero-order chi connectivity index (χ0) is 26.8. The fraction of sp³-hybridized carbons (Fsp3) is 0.480. The van der Waals surface area contributed by atoms with Crippen molar-refractivity contribution < 1.29 is 9.53 Å². The minimum absolute atomic E-state index is 0.334. The summed E-state index contributed by atoms with van der Waals surface area (Å²) in [4.78, 5) is 24.1. The third-order valence-electron chi connectivity index (χ3n) is 4.94. The number of rotatable bonds is 4. The standard InChI is InChI=1S/C21H29ClN6O2S.C2H6.C2H4/c1-20(2,3)30-19(29)27-21(4)8-10-28(11-9-21)15-12-25-18(17(24)26-15)31-14-7-5-6-13(23)16(14)22;2*1-2/h5-7,12H,8-11,23H2,1-4H3,(H2,24,26)(H,27,29);1-2H3;1-2H2. The number of carbonyl (C=O) groups excluding carboxylic acids is 1. The summed E-state index contributed by atoms with van der Waals surface area (Å²) in [6, 6.07) is 5.44. The van der Waals surface area contributed by atoms with Crippen molar-refractivity contribution in [3.05, 3.63) is 42.6 Å². The number of carbonyl (C=O) groups is 1. The van der Waals surface area contributed by atoms with Crippen LogP contribution >= 0.6 is 23.4 Å². The third-order valence-corrected chi connectivity index (χ3v) is 6.55. The summed E-state index contributed by atoms with van der Waals surface area (Å²) in [5.74, 6) is 1.04. The van der Waals surface area contributed by atoms with Crippen molar-refractivity contribution in [2.24, 2.45) is 0 Å². The molecule has 194 valence electrons. The number of nitrogens with one attached hydrogen (secondary N) is 1. The second-order valence-corrected chi connectivity index (χ2v) is 10.3. The van der Waals surface area contributed by atoms with Crippen molar-refractivity contribution in [1.82, 2.24) is 15.3 Å². The zero-order valence-electron chi connectivity index (χ0n) is 21.7. The molecule has 1 saturated heterocycles. The summed E-state index contributed by atoms with van der Waals surface area (Å²) in [5.41, 5.74) is 11.7. The summed E-state index contributed by atoms with van der Waals surface area (Å²) < 4.78 is 5.39. The quantitative estimate of drug-likeness (QED) is 0.322. The van der Waals surface area contributed by atoms with E-state index in [4.69, 9.17) is 27.8 Å². The number of ether oxygens (including phenoxy) is 1. The van der Waals surface area contributed by atoms with E-state index in [2.05, 4.69) is 33.3 Å². The number of benzene rings is 1. The van der Waals surface area contributed by atoms with Crippen molar-refractivity contribution >= 4 is 46.8 Å². The molecule has 1 aliphatic rings. The van der Waals surface area contributed by atoms with Crippen LogP contribution in [0.15, 0.2) is 47.5 Å². The minimum atomic E-state index is -0.524. The highest BCUT2D eigenvalue weighted by atomic mass is 35.5. The highest BCUT2D eigenvalue weighted by molar-refractivity contribution is 7.99. The Balaban J connectivity index is 0.00000145. The van der Waals surface area contributed by atoms with Gasteiger partial charge in [-0.05, 0) is 52.7 Å². The number of anilines is 3. The van der Waals surface area contributed by atoms with Crippen LogP contribution in [0.3, 0.4) is 0 Å². The summed E-state index contributed by atoms with van der Waals surface area (Å²) >= 11 is 7.60. The number of piperidine rings is 1. The fourth-order valence-corrected chi connectivity index (χ4v) is 4.29. The van der Waals surface area contributed by atoms with Gasteiger partial charge in [0.25, 0.3) is 0 Å². The van der Waals surface area contributed by atoms with Gasteiger partial charge >= 0.3 is 6.09 Å². The summed E-state index contributed by atoms with van der Waals surface area (Å²) in [6.07, 6.45) is 2.82. The molecule has 1 aromatic carbocycles. The van der Waals surface area contributed by atoms with Gasteiger partial charge in [0, 0.05) is 23.5 Å². The van der Waals surface area contributed by atoms with Crippen molar-refractivity contribution in [3.8, 4) is 0 Å². The topological polar surface area (TPSA) is 119 Å². The van der Waals surface area contributed by atoms with Crippen molar-refractivity contribution in [2.75, 3.05) is 29.5 Å². The Morgan fingerprint density at radius 1 is 1.23 bits per heavy atom. The predicted octanol–water partition coefficient (Wildman–Crippen LogP) is 6.16. The Labute approximate surface area is 218 Å². The minimum Gasteiger partial charge on any atom is -0.444 e. The van der Waals surface area contributed by atoms with Gasteiger partial charge in [-0.15, -0.1) is 13.2 Å². The number of nitrogen functional groups attached to an aromatic ring is 2. The lowest BCUT2D eigenvalue weighted by Crippen LogP contribution is -2.54. The fourth-order valence-electron chi connectivity index (χ4n) is 3.23. The van der Waals surface area contributed by atoms with Gasteiger partial charge in [-0.2, -0.15) is 0 Å². The Morgan fingerprint density at radius 3 is 2.37 bits per heavy atom. The first-order valence-corrected chi connectivity index (χ1v) is 12.8. The van der Waals surface area contributed by atoms with Crippen LogP contribution in [0.5, 0.6) is 0 Å². The molecule has 3 rings (SSSR count). The summed E-state index contributed by atoms with van der Waals surface area (Å²) in [7, 11) is 0. The molecule has 1 fully saturated rings. The van der Waals surface area contributed by atoms with E-state index < -0.39 is 11.7 Å². The molecular formula is C25H39ClN6O2S. The Bertz CT molecular complexity index is 975. The number of nitrogens with two attached hydrogens (primary N) is 2. The molecule has 0 radical (unpaired) electrons. The van der Waals surface area contributed by atoms with Gasteiger partial charge in [0.05, 0.1) is 16.9 Å². The number of hydrogen-bond acceptors (Lipinski definition) is 8. The van der Waals surface area contributed by atoms with Gasteiger partial charge in [-0.3, -0.25) is 0 Å². The summed E-state index contributed by atoms with van der Waals surface area (Å²) in [6.45, 7) is 19.0. The molecule has 0 bridgehead atoms.